The molecule has 0 aliphatic carbocycles. The molecule has 0 spiro atoms. The fraction of sp³-hybridized carbons (Fsp3) is 0.250. The minimum absolute atomic E-state index is 0.169. The van der Waals surface area contributed by atoms with E-state index in [9.17, 15) is 8.42 Å². The number of likely N-dealkylation sites (N-methyl/N-ethyl adjacent to an activating group) is 1. The molecule has 0 aliphatic heterocycles. The summed E-state index contributed by atoms with van der Waals surface area (Å²) < 4.78 is 39.7. The van der Waals surface area contributed by atoms with Crippen LogP contribution in [0, 0.1) is 3.57 Å². The monoisotopic (exact) mass is 522 g/mol. The molecule has 0 unspecified atom stereocenters. The van der Waals surface area contributed by atoms with Gasteiger partial charge in [-0.15, -0.1) is 0 Å². The Morgan fingerprint density at radius 1 is 1.33 bits per heavy atom. The Morgan fingerprint density at radius 3 is 2.85 bits per heavy atom. The van der Waals surface area contributed by atoms with Crippen LogP contribution in [0.25, 0.3) is 11.0 Å². The first-order chi connectivity index (χ1) is 12.8. The van der Waals surface area contributed by atoms with Gasteiger partial charge in [0.05, 0.1) is 27.0 Å². The average molecular weight is 523 g/mol. The number of rotatable bonds is 7. The number of sulfonamides is 1. The largest absolute Gasteiger partial charge is 0.491 e. The second-order valence-corrected chi connectivity index (χ2v) is 9.05. The lowest BCUT2D eigenvalue weighted by Gasteiger charge is -2.14. The van der Waals surface area contributed by atoms with Crippen molar-refractivity contribution >= 4 is 60.9 Å². The zero-order valence-electron chi connectivity index (χ0n) is 14.4. The van der Waals surface area contributed by atoms with E-state index in [0.717, 1.165) is 10.1 Å². The van der Waals surface area contributed by atoms with E-state index in [2.05, 4.69) is 37.5 Å². The number of aromatic nitrogens is 2. The van der Waals surface area contributed by atoms with Crippen LogP contribution in [0.3, 0.4) is 0 Å². The fourth-order valence-electron chi connectivity index (χ4n) is 2.24. The van der Waals surface area contributed by atoms with Crippen molar-refractivity contribution in [2.24, 2.45) is 0 Å². The maximum Gasteiger partial charge on any atom is 0.280 e. The summed E-state index contributed by atoms with van der Waals surface area (Å²) in [5, 5.41) is 3.79. The zero-order valence-corrected chi connectivity index (χ0v) is 18.2. The predicted molar refractivity (Wildman–Crippen MR) is 111 cm³/mol. The maximum atomic E-state index is 12.8. The third-order valence-electron chi connectivity index (χ3n) is 3.55. The highest BCUT2D eigenvalue weighted by atomic mass is 127. The highest BCUT2D eigenvalue weighted by Gasteiger charge is 2.23. The molecular formula is C16H16ClIN4O4S. The second-order valence-electron chi connectivity index (χ2n) is 5.88. The molecule has 0 saturated heterocycles. The number of hydrogen-bond donors (Lipinski definition) is 1. The number of halogens is 2. The first kappa shape index (κ1) is 20.1. The second kappa shape index (κ2) is 8.17. The van der Waals surface area contributed by atoms with Crippen molar-refractivity contribution in [3.8, 4) is 5.75 Å². The molecule has 0 aliphatic rings. The molecule has 0 atom stereocenters. The average Bonchev–Trinajstić information content (AvgIpc) is 3.07. The van der Waals surface area contributed by atoms with Crippen molar-refractivity contribution in [1.29, 1.82) is 0 Å². The Bertz CT molecular complexity index is 1070. The summed E-state index contributed by atoms with van der Waals surface area (Å²) >= 11 is 8.09. The number of hydrogen-bond acceptors (Lipinski definition) is 7. The molecule has 2 aromatic heterocycles. The molecule has 27 heavy (non-hydrogen) atoms. The van der Waals surface area contributed by atoms with Gasteiger partial charge in [-0.3, -0.25) is 4.72 Å². The summed E-state index contributed by atoms with van der Waals surface area (Å²) in [6.07, 6.45) is 2.49. The van der Waals surface area contributed by atoms with Crippen LogP contribution in [-0.4, -0.2) is 50.7 Å². The number of nitrogens with zero attached hydrogens (tertiary/aromatic N) is 3. The van der Waals surface area contributed by atoms with E-state index >= 15 is 0 Å². The molecule has 0 saturated carbocycles. The number of nitrogens with one attached hydrogen (secondary N) is 1. The van der Waals surface area contributed by atoms with Crippen LogP contribution in [0.2, 0.25) is 5.02 Å². The summed E-state index contributed by atoms with van der Waals surface area (Å²) in [7, 11) is -0.0804. The zero-order chi connectivity index (χ0) is 19.6. The van der Waals surface area contributed by atoms with Gasteiger partial charge in [0.2, 0.25) is 0 Å². The van der Waals surface area contributed by atoms with E-state index in [4.69, 9.17) is 20.9 Å². The van der Waals surface area contributed by atoms with Gasteiger partial charge in [-0.25, -0.2) is 4.98 Å². The Hall–Kier alpha value is -1.63. The van der Waals surface area contributed by atoms with Crippen molar-refractivity contribution < 1.29 is 17.7 Å². The Kier molecular flexibility index (Phi) is 6.08. The van der Waals surface area contributed by atoms with Gasteiger partial charge in [0.15, 0.2) is 10.6 Å². The third kappa shape index (κ3) is 4.62. The van der Waals surface area contributed by atoms with Crippen molar-refractivity contribution in [3.63, 3.8) is 0 Å². The van der Waals surface area contributed by atoms with E-state index in [0.29, 0.717) is 18.0 Å². The molecular weight excluding hydrogens is 507 g/mol. The predicted octanol–water partition coefficient (Wildman–Crippen LogP) is 3.22. The SMILES string of the molecule is CN(C)CCOc1cc(NS(=O)(=O)c2ncc(Cl)c3oncc23)ccc1I. The van der Waals surface area contributed by atoms with Gasteiger partial charge in [0.25, 0.3) is 10.0 Å². The van der Waals surface area contributed by atoms with E-state index in [-0.39, 0.29) is 21.0 Å². The van der Waals surface area contributed by atoms with E-state index < -0.39 is 10.0 Å². The van der Waals surface area contributed by atoms with E-state index in [1.54, 1.807) is 18.2 Å². The molecule has 8 nitrogen and oxygen atoms in total. The van der Waals surface area contributed by atoms with Crippen LogP contribution in [0.1, 0.15) is 0 Å². The van der Waals surface area contributed by atoms with Crippen LogP contribution >= 0.6 is 34.2 Å². The molecule has 3 rings (SSSR count). The van der Waals surface area contributed by atoms with Crippen LogP contribution in [0.15, 0.2) is 40.1 Å². The molecule has 0 bridgehead atoms. The summed E-state index contributed by atoms with van der Waals surface area (Å²) in [6, 6.07) is 5.06. The lowest BCUT2D eigenvalue weighted by atomic mass is 10.3. The highest BCUT2D eigenvalue weighted by molar-refractivity contribution is 14.1. The van der Waals surface area contributed by atoms with Gasteiger partial charge in [0.1, 0.15) is 17.4 Å². The molecule has 144 valence electrons. The van der Waals surface area contributed by atoms with Crippen LogP contribution < -0.4 is 9.46 Å². The minimum Gasteiger partial charge on any atom is -0.491 e. The molecule has 1 aromatic carbocycles. The summed E-state index contributed by atoms with van der Waals surface area (Å²) in [6.45, 7) is 1.23. The standard InChI is InChI=1S/C16H16ClIN4O4S/c1-22(2)5-6-25-14-7-10(3-4-13(14)18)21-27(23,24)16-11-8-20-26-15(11)12(17)9-19-16/h3-4,7-9,21H,5-6H2,1-2H3. The van der Waals surface area contributed by atoms with Gasteiger partial charge >= 0.3 is 0 Å². The van der Waals surface area contributed by atoms with Gasteiger partial charge in [-0.1, -0.05) is 16.8 Å². The molecule has 2 heterocycles. The Labute approximate surface area is 175 Å². The van der Waals surface area contributed by atoms with Crippen LogP contribution in [0.5, 0.6) is 5.75 Å². The van der Waals surface area contributed by atoms with Crippen molar-refractivity contribution in [1.82, 2.24) is 15.0 Å². The summed E-state index contributed by atoms with van der Waals surface area (Å²) in [4.78, 5) is 5.93. The lowest BCUT2D eigenvalue weighted by Crippen LogP contribution is -2.19. The van der Waals surface area contributed by atoms with Gasteiger partial charge in [0, 0.05) is 12.6 Å². The number of ether oxygens (including phenoxy) is 1. The van der Waals surface area contributed by atoms with Gasteiger partial charge in [-0.05, 0) is 48.8 Å². The third-order valence-corrected chi connectivity index (χ3v) is 6.05. The fourth-order valence-corrected chi connectivity index (χ4v) is 4.08. The maximum absolute atomic E-state index is 12.8. The first-order valence-corrected chi connectivity index (χ1v) is 10.7. The molecule has 0 radical (unpaired) electrons. The number of pyridine rings is 1. The van der Waals surface area contributed by atoms with Crippen molar-refractivity contribution in [2.75, 3.05) is 32.0 Å². The molecule has 11 heteroatoms. The number of fused-ring (bicyclic) bond motifs is 1. The molecule has 1 N–H and O–H groups in total. The number of anilines is 1. The van der Waals surface area contributed by atoms with Crippen molar-refractivity contribution in [2.45, 2.75) is 5.03 Å². The smallest absolute Gasteiger partial charge is 0.280 e. The lowest BCUT2D eigenvalue weighted by molar-refractivity contribution is 0.260. The Balaban J connectivity index is 1.87. The quantitative estimate of drug-likeness (QED) is 0.476. The van der Waals surface area contributed by atoms with Crippen molar-refractivity contribution in [3.05, 3.63) is 39.2 Å². The topological polar surface area (TPSA) is 97.6 Å². The normalized spacial score (nSPS) is 11.9. The summed E-state index contributed by atoms with van der Waals surface area (Å²) in [5.74, 6) is 0.594. The molecule has 0 fully saturated rings. The van der Waals surface area contributed by atoms with Crippen LogP contribution in [-0.2, 0) is 10.0 Å². The van der Waals surface area contributed by atoms with E-state index in [1.807, 2.05) is 19.0 Å². The van der Waals surface area contributed by atoms with E-state index in [1.165, 1.54) is 12.4 Å². The summed E-state index contributed by atoms with van der Waals surface area (Å²) in [5.41, 5.74) is 0.527. The minimum atomic E-state index is -3.98. The van der Waals surface area contributed by atoms with Gasteiger partial charge < -0.3 is 14.2 Å². The first-order valence-electron chi connectivity index (χ1n) is 7.77. The Morgan fingerprint density at radius 2 is 2.11 bits per heavy atom. The molecule has 3 aromatic rings. The molecule has 0 amide bonds. The van der Waals surface area contributed by atoms with Crippen LogP contribution in [0.4, 0.5) is 5.69 Å². The number of benzene rings is 1. The highest BCUT2D eigenvalue weighted by Crippen LogP contribution is 2.30. The van der Waals surface area contributed by atoms with Gasteiger partial charge in [-0.2, -0.15) is 8.42 Å².